The summed E-state index contributed by atoms with van der Waals surface area (Å²) in [5.41, 5.74) is 0. The van der Waals surface area contributed by atoms with Crippen molar-refractivity contribution in [3.8, 4) is 12.3 Å². The van der Waals surface area contributed by atoms with Gasteiger partial charge in [0.25, 0.3) is 0 Å². The maximum Gasteiger partial charge on any atom is 0.305 e. The van der Waals surface area contributed by atoms with E-state index in [9.17, 15) is 9.59 Å². The lowest BCUT2D eigenvalue weighted by atomic mass is 10.1. The number of hydrogen-bond acceptors (Lipinski definition) is 6. The third-order valence-corrected chi connectivity index (χ3v) is 3.10. The predicted octanol–water partition coefficient (Wildman–Crippen LogP) is 1.68. The van der Waals surface area contributed by atoms with E-state index < -0.39 is 5.97 Å². The minimum Gasteiger partial charge on any atom is -0.481 e. The quantitative estimate of drug-likeness (QED) is 0.277. The van der Waals surface area contributed by atoms with Gasteiger partial charge in [-0.3, -0.25) is 9.59 Å². The highest BCUT2D eigenvalue weighted by Gasteiger charge is 2.01. The van der Waals surface area contributed by atoms with Crippen molar-refractivity contribution < 1.29 is 33.6 Å². The molecule has 0 aromatic heterocycles. The Morgan fingerprint density at radius 3 is 1.72 bits per heavy atom. The molecule has 7 nitrogen and oxygen atoms in total. The molecule has 1 N–H and O–H groups in total. The zero-order valence-corrected chi connectivity index (χ0v) is 14.9. The molecule has 0 aromatic rings. The highest BCUT2D eigenvalue weighted by atomic mass is 16.6. The molecule has 7 heteroatoms. The Morgan fingerprint density at radius 2 is 1.20 bits per heavy atom. The number of carbonyl (C=O) groups excluding carboxylic acids is 1. The summed E-state index contributed by atoms with van der Waals surface area (Å²) in [6, 6.07) is 0. The van der Waals surface area contributed by atoms with E-state index >= 15 is 0 Å². The van der Waals surface area contributed by atoms with Crippen LogP contribution < -0.4 is 0 Å². The van der Waals surface area contributed by atoms with Crippen molar-refractivity contribution in [1.29, 1.82) is 0 Å². The largest absolute Gasteiger partial charge is 0.481 e. The first-order valence-electron chi connectivity index (χ1n) is 8.64. The molecule has 0 saturated heterocycles. The van der Waals surface area contributed by atoms with Crippen LogP contribution in [-0.4, -0.2) is 69.7 Å². The summed E-state index contributed by atoms with van der Waals surface area (Å²) < 4.78 is 21.1. The summed E-state index contributed by atoms with van der Waals surface area (Å²) >= 11 is 0. The number of carbonyl (C=O) groups is 2. The van der Waals surface area contributed by atoms with Gasteiger partial charge < -0.3 is 24.1 Å². The fraction of sp³-hybridized carbons (Fsp3) is 0.778. The Hall–Kier alpha value is -1.46. The van der Waals surface area contributed by atoms with Crippen molar-refractivity contribution in [2.24, 2.45) is 0 Å². The Balaban J connectivity index is 3.11. The van der Waals surface area contributed by atoms with Gasteiger partial charge >= 0.3 is 5.97 Å². The number of unbranched alkanes of at least 4 members (excludes halogenated alkanes) is 1. The summed E-state index contributed by atoms with van der Waals surface area (Å²) in [7, 11) is 0. The fourth-order valence-electron chi connectivity index (χ4n) is 1.81. The summed E-state index contributed by atoms with van der Waals surface area (Å²) in [6.07, 6.45) is 8.36. The Kier molecular flexibility index (Phi) is 17.8. The third kappa shape index (κ3) is 20.5. The van der Waals surface area contributed by atoms with E-state index in [1.807, 2.05) is 0 Å². The van der Waals surface area contributed by atoms with Crippen molar-refractivity contribution in [3.63, 3.8) is 0 Å². The van der Waals surface area contributed by atoms with Crippen LogP contribution in [0.25, 0.3) is 0 Å². The molecule has 0 amide bonds. The van der Waals surface area contributed by atoms with E-state index in [0.717, 1.165) is 12.8 Å². The molecule has 0 bridgehead atoms. The van der Waals surface area contributed by atoms with Crippen LogP contribution in [0.5, 0.6) is 0 Å². The average molecular weight is 358 g/mol. The molecule has 0 saturated carbocycles. The van der Waals surface area contributed by atoms with Crippen LogP contribution in [0.15, 0.2) is 0 Å². The van der Waals surface area contributed by atoms with Crippen molar-refractivity contribution in [3.05, 3.63) is 0 Å². The standard InChI is InChI=1S/C18H30O7/c1-2-3-4-6-17(19)7-5-9-22-11-13-24-15-16-25-14-12-23-10-8-18(20)21/h1H,3-16H2,(H,20,21). The highest BCUT2D eigenvalue weighted by Crippen LogP contribution is 2.01. The number of hydrogen-bond donors (Lipinski definition) is 1. The van der Waals surface area contributed by atoms with Crippen LogP contribution in [0.4, 0.5) is 0 Å². The van der Waals surface area contributed by atoms with Gasteiger partial charge in [-0.15, -0.1) is 12.3 Å². The van der Waals surface area contributed by atoms with E-state index in [-0.39, 0.29) is 18.8 Å². The molecule has 0 heterocycles. The summed E-state index contributed by atoms with van der Waals surface area (Å²) in [4.78, 5) is 21.7. The van der Waals surface area contributed by atoms with E-state index in [1.165, 1.54) is 0 Å². The average Bonchev–Trinajstić information content (AvgIpc) is 2.58. The lowest BCUT2D eigenvalue weighted by Crippen LogP contribution is -2.13. The molecular formula is C18H30O7. The number of Topliss-reactive ketones (excluding diaryl/α,β-unsaturated/α-hetero) is 1. The number of ketones is 1. The predicted molar refractivity (Wildman–Crippen MR) is 92.5 cm³/mol. The van der Waals surface area contributed by atoms with Gasteiger partial charge in [-0.2, -0.15) is 0 Å². The fourth-order valence-corrected chi connectivity index (χ4v) is 1.81. The third-order valence-electron chi connectivity index (χ3n) is 3.10. The zero-order valence-electron chi connectivity index (χ0n) is 14.9. The van der Waals surface area contributed by atoms with Crippen molar-refractivity contribution in [2.75, 3.05) is 52.9 Å². The maximum atomic E-state index is 11.5. The van der Waals surface area contributed by atoms with E-state index in [1.54, 1.807) is 0 Å². The van der Waals surface area contributed by atoms with Crippen LogP contribution in [0.3, 0.4) is 0 Å². The first-order chi connectivity index (χ1) is 12.2. The second-order valence-corrected chi connectivity index (χ2v) is 5.29. The number of terminal acetylenes is 1. The van der Waals surface area contributed by atoms with Crippen LogP contribution in [0.1, 0.15) is 38.5 Å². The topological polar surface area (TPSA) is 91.3 Å². The number of carboxylic acids is 1. The Labute approximate surface area is 150 Å². The van der Waals surface area contributed by atoms with Gasteiger partial charge in [0.05, 0.1) is 52.7 Å². The molecular weight excluding hydrogens is 328 g/mol. The molecule has 0 aliphatic rings. The Bertz CT molecular complexity index is 376. The first kappa shape index (κ1) is 23.5. The molecule has 0 aromatic carbocycles. The lowest BCUT2D eigenvalue weighted by molar-refractivity contribution is -0.138. The molecule has 0 atom stereocenters. The molecule has 144 valence electrons. The zero-order chi connectivity index (χ0) is 18.6. The molecule has 0 rings (SSSR count). The SMILES string of the molecule is C#CCCCC(=O)CCCOCCOCCOCCOCCC(=O)O. The second kappa shape index (κ2) is 18.9. The normalized spacial score (nSPS) is 10.5. The first-order valence-corrected chi connectivity index (χ1v) is 8.64. The minimum absolute atomic E-state index is 0.00301. The smallest absolute Gasteiger partial charge is 0.305 e. The van der Waals surface area contributed by atoms with Gasteiger partial charge in [0, 0.05) is 25.9 Å². The minimum atomic E-state index is -0.872. The molecule has 0 aliphatic heterocycles. The lowest BCUT2D eigenvalue weighted by Gasteiger charge is -2.07. The Morgan fingerprint density at radius 1 is 0.720 bits per heavy atom. The maximum absolute atomic E-state index is 11.5. The highest BCUT2D eigenvalue weighted by molar-refractivity contribution is 5.78. The van der Waals surface area contributed by atoms with Crippen LogP contribution in [0.2, 0.25) is 0 Å². The van der Waals surface area contributed by atoms with E-state index in [4.69, 9.17) is 30.5 Å². The second-order valence-electron chi connectivity index (χ2n) is 5.29. The van der Waals surface area contributed by atoms with E-state index in [2.05, 4.69) is 5.92 Å². The summed E-state index contributed by atoms with van der Waals surface area (Å²) in [5.74, 6) is 1.88. The van der Waals surface area contributed by atoms with Crippen LogP contribution >= 0.6 is 0 Å². The molecule has 25 heavy (non-hydrogen) atoms. The summed E-state index contributed by atoms with van der Waals surface area (Å²) in [6.45, 7) is 3.42. The van der Waals surface area contributed by atoms with Crippen molar-refractivity contribution in [1.82, 2.24) is 0 Å². The monoisotopic (exact) mass is 358 g/mol. The van der Waals surface area contributed by atoms with Crippen molar-refractivity contribution in [2.45, 2.75) is 38.5 Å². The van der Waals surface area contributed by atoms with Gasteiger partial charge in [0.15, 0.2) is 0 Å². The van der Waals surface area contributed by atoms with E-state index in [0.29, 0.717) is 65.5 Å². The van der Waals surface area contributed by atoms with Crippen molar-refractivity contribution >= 4 is 11.8 Å². The molecule has 0 radical (unpaired) electrons. The van der Waals surface area contributed by atoms with Gasteiger partial charge in [-0.05, 0) is 12.8 Å². The molecule has 0 spiro atoms. The van der Waals surface area contributed by atoms with Crippen LogP contribution in [-0.2, 0) is 28.5 Å². The van der Waals surface area contributed by atoms with Gasteiger partial charge in [-0.25, -0.2) is 0 Å². The van der Waals surface area contributed by atoms with Gasteiger partial charge in [-0.1, -0.05) is 0 Å². The van der Waals surface area contributed by atoms with Crippen LogP contribution in [0, 0.1) is 12.3 Å². The molecule has 0 fully saturated rings. The van der Waals surface area contributed by atoms with Gasteiger partial charge in [0.1, 0.15) is 5.78 Å². The number of carboxylic acid groups (broad SMARTS) is 1. The molecule has 0 unspecified atom stereocenters. The van der Waals surface area contributed by atoms with Gasteiger partial charge in [0.2, 0.25) is 0 Å². The summed E-state index contributed by atoms with van der Waals surface area (Å²) in [5, 5.41) is 8.41. The number of rotatable bonds is 19. The number of ether oxygens (including phenoxy) is 4. The number of aliphatic carboxylic acids is 1. The molecule has 0 aliphatic carbocycles.